The number of alkyl halides is 2. The molecule has 0 saturated carbocycles. The summed E-state index contributed by atoms with van der Waals surface area (Å²) in [6, 6.07) is 6.20. The molecule has 1 heterocycles. The zero-order valence-corrected chi connectivity index (χ0v) is 12.4. The van der Waals surface area contributed by atoms with Crippen LogP contribution in [0.2, 0.25) is 0 Å². The van der Waals surface area contributed by atoms with Crippen molar-refractivity contribution in [1.29, 1.82) is 0 Å². The van der Waals surface area contributed by atoms with Crippen LogP contribution >= 0.6 is 12.4 Å². The van der Waals surface area contributed by atoms with Crippen LogP contribution in [0.15, 0.2) is 24.3 Å². The van der Waals surface area contributed by atoms with Gasteiger partial charge in [-0.25, -0.2) is 0 Å². The summed E-state index contributed by atoms with van der Waals surface area (Å²) in [6.45, 7) is 0.396. The molecule has 1 aliphatic heterocycles. The van der Waals surface area contributed by atoms with E-state index in [9.17, 15) is 13.6 Å². The third-order valence-electron chi connectivity index (χ3n) is 3.20. The zero-order valence-electron chi connectivity index (χ0n) is 11.6. The second-order valence-corrected chi connectivity index (χ2v) is 4.68. The molecule has 0 unspecified atom stereocenters. The van der Waals surface area contributed by atoms with Gasteiger partial charge in [-0.15, -0.1) is 12.4 Å². The summed E-state index contributed by atoms with van der Waals surface area (Å²) in [5.74, 6) is 0.173. The lowest BCUT2D eigenvalue weighted by atomic mass is 10.1. The monoisotopic (exact) mass is 320 g/mol. The molecule has 7 heteroatoms. The molecule has 1 aromatic rings. The van der Waals surface area contributed by atoms with Crippen LogP contribution in [0.3, 0.4) is 0 Å². The molecule has 1 N–H and O–H groups in total. The number of nitrogens with zero attached hydrogens (tertiary/aromatic N) is 1. The van der Waals surface area contributed by atoms with Gasteiger partial charge in [0.1, 0.15) is 5.75 Å². The fraction of sp³-hybridized carbons (Fsp3) is 0.500. The lowest BCUT2D eigenvalue weighted by molar-refractivity contribution is -0.130. The fourth-order valence-corrected chi connectivity index (χ4v) is 2.17. The summed E-state index contributed by atoms with van der Waals surface area (Å²) >= 11 is 0. The van der Waals surface area contributed by atoms with E-state index in [1.807, 2.05) is 4.90 Å². The first-order valence-electron chi connectivity index (χ1n) is 6.67. The smallest absolute Gasteiger partial charge is 0.387 e. The largest absolute Gasteiger partial charge is 0.435 e. The van der Waals surface area contributed by atoms with E-state index >= 15 is 0 Å². The van der Waals surface area contributed by atoms with E-state index in [0.717, 1.165) is 31.6 Å². The van der Waals surface area contributed by atoms with Gasteiger partial charge in [0.25, 0.3) is 0 Å². The molecular formula is C14H19ClF2N2O2. The second-order valence-electron chi connectivity index (χ2n) is 4.68. The summed E-state index contributed by atoms with van der Waals surface area (Å²) in [5, 5.41) is 3.24. The molecule has 1 saturated heterocycles. The van der Waals surface area contributed by atoms with Crippen LogP contribution in [0, 0.1) is 0 Å². The Morgan fingerprint density at radius 3 is 2.62 bits per heavy atom. The third kappa shape index (κ3) is 5.85. The number of halogens is 3. The van der Waals surface area contributed by atoms with Gasteiger partial charge in [0.2, 0.25) is 5.91 Å². The molecule has 0 spiro atoms. The van der Waals surface area contributed by atoms with Crippen LogP contribution in [0.5, 0.6) is 5.75 Å². The van der Waals surface area contributed by atoms with Crippen molar-refractivity contribution >= 4 is 18.3 Å². The third-order valence-corrected chi connectivity index (χ3v) is 3.20. The Bertz CT molecular complexity index is 435. The Morgan fingerprint density at radius 1 is 1.24 bits per heavy atom. The molecule has 0 bridgehead atoms. The minimum Gasteiger partial charge on any atom is -0.435 e. The minimum absolute atomic E-state index is 0. The van der Waals surface area contributed by atoms with Crippen molar-refractivity contribution in [2.24, 2.45) is 0 Å². The maximum absolute atomic E-state index is 12.1. The van der Waals surface area contributed by atoms with Crippen molar-refractivity contribution < 1.29 is 18.3 Å². The van der Waals surface area contributed by atoms with Gasteiger partial charge in [0.15, 0.2) is 0 Å². The molecule has 0 atom stereocenters. The summed E-state index contributed by atoms with van der Waals surface area (Å²) in [7, 11) is 0. The topological polar surface area (TPSA) is 41.6 Å². The van der Waals surface area contributed by atoms with Crippen molar-refractivity contribution in [1.82, 2.24) is 10.2 Å². The lowest BCUT2D eigenvalue weighted by Crippen LogP contribution is -2.35. The molecule has 1 amide bonds. The van der Waals surface area contributed by atoms with Gasteiger partial charge in [-0.05, 0) is 30.7 Å². The Balaban J connectivity index is 0.00000220. The molecule has 0 radical (unpaired) electrons. The number of carbonyl (C=O) groups is 1. The molecule has 118 valence electrons. The number of hydrogen-bond donors (Lipinski definition) is 1. The maximum Gasteiger partial charge on any atom is 0.387 e. The number of hydrogen-bond acceptors (Lipinski definition) is 3. The predicted molar refractivity (Wildman–Crippen MR) is 78.1 cm³/mol. The van der Waals surface area contributed by atoms with Crippen molar-refractivity contribution in [3.05, 3.63) is 29.8 Å². The van der Waals surface area contributed by atoms with Crippen molar-refractivity contribution in [3.63, 3.8) is 0 Å². The normalized spacial score (nSPS) is 15.3. The van der Waals surface area contributed by atoms with Gasteiger partial charge in [-0.2, -0.15) is 8.78 Å². The fourth-order valence-electron chi connectivity index (χ4n) is 2.17. The molecule has 1 aromatic carbocycles. The highest BCUT2D eigenvalue weighted by Gasteiger charge is 2.15. The van der Waals surface area contributed by atoms with Gasteiger partial charge < -0.3 is 15.0 Å². The average Bonchev–Trinajstić information content (AvgIpc) is 2.69. The van der Waals surface area contributed by atoms with Crippen LogP contribution in [0.4, 0.5) is 8.78 Å². The minimum atomic E-state index is -2.83. The number of ether oxygens (including phenoxy) is 1. The average molecular weight is 321 g/mol. The number of rotatable bonds is 4. The van der Waals surface area contributed by atoms with Crippen LogP contribution in [-0.2, 0) is 11.2 Å². The van der Waals surface area contributed by atoms with Crippen LogP contribution in [-0.4, -0.2) is 43.6 Å². The van der Waals surface area contributed by atoms with Gasteiger partial charge in [0.05, 0.1) is 6.42 Å². The number of carbonyl (C=O) groups excluding carboxylic acids is 1. The Hall–Kier alpha value is -1.40. The first-order chi connectivity index (χ1) is 9.65. The highest BCUT2D eigenvalue weighted by molar-refractivity contribution is 5.85. The molecule has 4 nitrogen and oxygen atoms in total. The Kier molecular flexibility index (Phi) is 7.39. The van der Waals surface area contributed by atoms with Gasteiger partial charge in [0, 0.05) is 19.6 Å². The standard InChI is InChI=1S/C14H18F2N2O2.ClH/c15-14(16)20-12-4-2-11(3-5-12)10-13(19)18-8-1-6-17-7-9-18;/h2-5,14,17H,1,6-10H2;1H. The van der Waals surface area contributed by atoms with Gasteiger partial charge in [-0.3, -0.25) is 4.79 Å². The van der Waals surface area contributed by atoms with Crippen molar-refractivity contribution in [2.45, 2.75) is 19.5 Å². The van der Waals surface area contributed by atoms with Crippen LogP contribution in [0.1, 0.15) is 12.0 Å². The van der Waals surface area contributed by atoms with Gasteiger partial charge >= 0.3 is 6.61 Å². The van der Waals surface area contributed by atoms with E-state index in [0.29, 0.717) is 6.54 Å². The molecular weight excluding hydrogens is 302 g/mol. The Labute approximate surface area is 128 Å². The van der Waals surface area contributed by atoms with E-state index in [1.165, 1.54) is 12.1 Å². The highest BCUT2D eigenvalue weighted by atomic mass is 35.5. The SMILES string of the molecule is Cl.O=C(Cc1ccc(OC(F)F)cc1)N1CCCNCC1. The molecule has 0 aliphatic carbocycles. The first-order valence-corrected chi connectivity index (χ1v) is 6.67. The highest BCUT2D eigenvalue weighted by Crippen LogP contribution is 2.15. The summed E-state index contributed by atoms with van der Waals surface area (Å²) in [4.78, 5) is 14.0. The number of nitrogens with one attached hydrogen (secondary N) is 1. The van der Waals surface area contributed by atoms with E-state index in [4.69, 9.17) is 0 Å². The van der Waals surface area contributed by atoms with Crippen molar-refractivity contribution in [3.8, 4) is 5.75 Å². The van der Waals surface area contributed by atoms with Crippen LogP contribution < -0.4 is 10.1 Å². The first kappa shape index (κ1) is 17.7. The molecule has 21 heavy (non-hydrogen) atoms. The summed E-state index contributed by atoms with van der Waals surface area (Å²) in [6.07, 6.45) is 1.24. The van der Waals surface area contributed by atoms with E-state index in [1.54, 1.807) is 12.1 Å². The van der Waals surface area contributed by atoms with E-state index in [2.05, 4.69) is 10.1 Å². The second kappa shape index (κ2) is 8.79. The predicted octanol–water partition coefficient (Wildman–Crippen LogP) is 2.07. The molecule has 1 fully saturated rings. The molecule has 1 aliphatic rings. The maximum atomic E-state index is 12.1. The van der Waals surface area contributed by atoms with E-state index in [-0.39, 0.29) is 30.5 Å². The number of amides is 1. The number of benzene rings is 1. The molecule has 0 aromatic heterocycles. The van der Waals surface area contributed by atoms with Crippen molar-refractivity contribution in [2.75, 3.05) is 26.2 Å². The Morgan fingerprint density at radius 2 is 1.95 bits per heavy atom. The lowest BCUT2D eigenvalue weighted by Gasteiger charge is -2.20. The van der Waals surface area contributed by atoms with Gasteiger partial charge in [-0.1, -0.05) is 12.1 Å². The zero-order chi connectivity index (χ0) is 14.4. The quantitative estimate of drug-likeness (QED) is 0.923. The summed E-state index contributed by atoms with van der Waals surface area (Å²) in [5.41, 5.74) is 0.800. The molecule has 2 rings (SSSR count). The van der Waals surface area contributed by atoms with E-state index < -0.39 is 6.61 Å². The van der Waals surface area contributed by atoms with Crippen LogP contribution in [0.25, 0.3) is 0 Å². The summed E-state index contributed by atoms with van der Waals surface area (Å²) < 4.78 is 28.3.